The summed E-state index contributed by atoms with van der Waals surface area (Å²) in [4.78, 5) is 4.01. The van der Waals surface area contributed by atoms with Crippen LogP contribution in [0, 0.1) is 12.8 Å². The molecule has 1 aliphatic heterocycles. The summed E-state index contributed by atoms with van der Waals surface area (Å²) in [5.74, 6) is 0.132. The number of aromatic nitrogens is 1. The van der Waals surface area contributed by atoms with Crippen LogP contribution in [0.2, 0.25) is 0 Å². The number of aryl methyl sites for hydroxylation is 1. The van der Waals surface area contributed by atoms with Crippen molar-refractivity contribution < 1.29 is 13.2 Å². The number of hydrogen-bond acceptors (Lipinski definition) is 4. The molecule has 0 bridgehead atoms. The molecule has 0 amide bonds. The zero-order valence-electron chi connectivity index (χ0n) is 13.7. The third-order valence-corrected chi connectivity index (χ3v) is 5.59. The molecule has 0 unspecified atom stereocenters. The number of pyridine rings is 1. The molecule has 128 valence electrons. The van der Waals surface area contributed by atoms with E-state index in [1.54, 1.807) is 12.4 Å². The van der Waals surface area contributed by atoms with E-state index in [9.17, 15) is 8.42 Å². The Kier molecular flexibility index (Phi) is 5.28. The Morgan fingerprint density at radius 3 is 2.71 bits per heavy atom. The maximum absolute atomic E-state index is 12.5. The van der Waals surface area contributed by atoms with Crippen molar-refractivity contribution in [3.8, 4) is 0 Å². The van der Waals surface area contributed by atoms with Gasteiger partial charge in [0.05, 0.1) is 25.0 Å². The number of sulfonamides is 1. The third-order valence-electron chi connectivity index (χ3n) is 4.22. The Morgan fingerprint density at radius 1 is 1.17 bits per heavy atom. The van der Waals surface area contributed by atoms with Gasteiger partial charge in [-0.3, -0.25) is 4.98 Å². The molecule has 0 radical (unpaired) electrons. The van der Waals surface area contributed by atoms with Crippen LogP contribution in [0.5, 0.6) is 0 Å². The number of nitrogens with one attached hydrogen (secondary N) is 1. The van der Waals surface area contributed by atoms with Crippen LogP contribution in [0.25, 0.3) is 0 Å². The predicted octanol–water partition coefficient (Wildman–Crippen LogP) is 2.07. The minimum atomic E-state index is -3.40. The van der Waals surface area contributed by atoms with Crippen LogP contribution in [0.1, 0.15) is 16.7 Å². The lowest BCUT2D eigenvalue weighted by Crippen LogP contribution is -2.41. The Morgan fingerprint density at radius 2 is 1.96 bits per heavy atom. The molecule has 5 nitrogen and oxygen atoms in total. The second-order valence-corrected chi connectivity index (χ2v) is 8.08. The van der Waals surface area contributed by atoms with Crippen molar-refractivity contribution in [2.45, 2.75) is 25.1 Å². The van der Waals surface area contributed by atoms with E-state index in [1.165, 1.54) is 0 Å². The first-order chi connectivity index (χ1) is 11.5. The lowest BCUT2D eigenvalue weighted by Gasteiger charge is -2.19. The molecule has 1 aliphatic rings. The number of ether oxygens (including phenoxy) is 1. The monoisotopic (exact) mass is 346 g/mol. The Bertz CT molecular complexity index is 778. The minimum absolute atomic E-state index is 0.00679. The fourth-order valence-corrected chi connectivity index (χ4v) is 4.47. The van der Waals surface area contributed by atoms with Crippen LogP contribution in [-0.4, -0.2) is 32.7 Å². The van der Waals surface area contributed by atoms with Crippen molar-refractivity contribution >= 4 is 10.0 Å². The molecule has 1 N–H and O–H groups in total. The molecule has 6 heteroatoms. The van der Waals surface area contributed by atoms with Gasteiger partial charge in [-0.05, 0) is 36.6 Å². The average molecular weight is 346 g/mol. The van der Waals surface area contributed by atoms with Gasteiger partial charge in [0.25, 0.3) is 0 Å². The van der Waals surface area contributed by atoms with Gasteiger partial charge < -0.3 is 4.74 Å². The highest BCUT2D eigenvalue weighted by Gasteiger charge is 2.31. The quantitative estimate of drug-likeness (QED) is 0.869. The second kappa shape index (κ2) is 7.42. The van der Waals surface area contributed by atoms with Gasteiger partial charge in [0, 0.05) is 18.3 Å². The van der Waals surface area contributed by atoms with Crippen molar-refractivity contribution in [1.29, 1.82) is 0 Å². The molecule has 24 heavy (non-hydrogen) atoms. The Labute approximate surface area is 143 Å². The first-order valence-electron chi connectivity index (χ1n) is 8.04. The summed E-state index contributed by atoms with van der Waals surface area (Å²) >= 11 is 0. The van der Waals surface area contributed by atoms with E-state index in [0.717, 1.165) is 23.1 Å². The molecule has 0 spiro atoms. The molecule has 1 aromatic heterocycles. The number of hydrogen-bond donors (Lipinski definition) is 1. The van der Waals surface area contributed by atoms with Crippen molar-refractivity contribution in [2.24, 2.45) is 5.92 Å². The lowest BCUT2D eigenvalue weighted by atomic mass is 9.96. The van der Waals surface area contributed by atoms with Gasteiger partial charge in [0.1, 0.15) is 0 Å². The molecule has 2 atom stereocenters. The molecule has 1 aromatic carbocycles. The molecule has 0 aliphatic carbocycles. The van der Waals surface area contributed by atoms with Crippen LogP contribution >= 0.6 is 0 Å². The van der Waals surface area contributed by atoms with E-state index >= 15 is 0 Å². The van der Waals surface area contributed by atoms with Crippen LogP contribution in [0.3, 0.4) is 0 Å². The van der Waals surface area contributed by atoms with E-state index in [4.69, 9.17) is 4.74 Å². The van der Waals surface area contributed by atoms with Gasteiger partial charge in [0.15, 0.2) is 0 Å². The Balaban J connectivity index is 1.65. The highest BCUT2D eigenvalue weighted by atomic mass is 32.2. The highest BCUT2D eigenvalue weighted by Crippen LogP contribution is 2.20. The summed E-state index contributed by atoms with van der Waals surface area (Å²) in [5, 5.41) is 0. The molecule has 2 aromatic rings. The van der Waals surface area contributed by atoms with E-state index in [1.807, 2.05) is 43.3 Å². The summed E-state index contributed by atoms with van der Waals surface area (Å²) in [6.45, 7) is 2.95. The van der Waals surface area contributed by atoms with E-state index < -0.39 is 10.0 Å². The summed E-state index contributed by atoms with van der Waals surface area (Å²) in [5.41, 5.74) is 3.00. The molecule has 1 fully saturated rings. The van der Waals surface area contributed by atoms with Crippen molar-refractivity contribution in [3.63, 3.8) is 0 Å². The largest absolute Gasteiger partial charge is 0.379 e. The third kappa shape index (κ3) is 4.63. The van der Waals surface area contributed by atoms with Crippen LogP contribution in [0.15, 0.2) is 48.8 Å². The molecule has 2 heterocycles. The number of nitrogens with zero attached hydrogens (tertiary/aromatic N) is 1. The summed E-state index contributed by atoms with van der Waals surface area (Å²) < 4.78 is 33.3. The zero-order chi connectivity index (χ0) is 17.0. The SMILES string of the molecule is Cc1cccc(CS(=O)(=O)N[C@@H]2COC[C@H]2Cc2ccncc2)c1. The maximum Gasteiger partial charge on any atom is 0.216 e. The van der Waals surface area contributed by atoms with Gasteiger partial charge in [-0.15, -0.1) is 0 Å². The minimum Gasteiger partial charge on any atom is -0.379 e. The highest BCUT2D eigenvalue weighted by molar-refractivity contribution is 7.88. The van der Waals surface area contributed by atoms with Gasteiger partial charge >= 0.3 is 0 Å². The van der Waals surface area contributed by atoms with Crippen molar-refractivity contribution in [3.05, 3.63) is 65.5 Å². The van der Waals surface area contributed by atoms with E-state index in [-0.39, 0.29) is 17.7 Å². The van der Waals surface area contributed by atoms with Crippen LogP contribution < -0.4 is 4.72 Å². The normalized spacial score (nSPS) is 21.0. The van der Waals surface area contributed by atoms with Crippen molar-refractivity contribution in [2.75, 3.05) is 13.2 Å². The van der Waals surface area contributed by atoms with Gasteiger partial charge in [0.2, 0.25) is 10.0 Å². The molecular weight excluding hydrogens is 324 g/mol. The molecular formula is C18H22N2O3S. The average Bonchev–Trinajstić information content (AvgIpc) is 2.94. The fraction of sp³-hybridized carbons (Fsp3) is 0.389. The lowest BCUT2D eigenvalue weighted by molar-refractivity contribution is 0.183. The van der Waals surface area contributed by atoms with E-state index in [0.29, 0.717) is 13.2 Å². The number of rotatable bonds is 6. The standard InChI is InChI=1S/C18H22N2O3S/c1-14-3-2-4-16(9-14)13-24(21,22)20-18-12-23-11-17(18)10-15-5-7-19-8-6-15/h2-9,17-18,20H,10-13H2,1H3/t17-,18-/m1/s1. The first kappa shape index (κ1) is 17.1. The molecule has 0 saturated carbocycles. The first-order valence-corrected chi connectivity index (χ1v) is 9.69. The number of benzene rings is 1. The van der Waals surface area contributed by atoms with Gasteiger partial charge in [-0.2, -0.15) is 0 Å². The topological polar surface area (TPSA) is 68.3 Å². The van der Waals surface area contributed by atoms with Crippen LogP contribution in [0.4, 0.5) is 0 Å². The predicted molar refractivity (Wildman–Crippen MR) is 93.0 cm³/mol. The van der Waals surface area contributed by atoms with Crippen LogP contribution in [-0.2, 0) is 26.9 Å². The van der Waals surface area contributed by atoms with E-state index in [2.05, 4.69) is 9.71 Å². The maximum atomic E-state index is 12.5. The summed E-state index contributed by atoms with van der Waals surface area (Å²) in [6, 6.07) is 11.3. The van der Waals surface area contributed by atoms with Gasteiger partial charge in [-0.25, -0.2) is 13.1 Å². The smallest absolute Gasteiger partial charge is 0.216 e. The fourth-order valence-electron chi connectivity index (χ4n) is 3.05. The molecule has 3 rings (SSSR count). The van der Waals surface area contributed by atoms with Crippen molar-refractivity contribution in [1.82, 2.24) is 9.71 Å². The second-order valence-electron chi connectivity index (χ2n) is 6.33. The Hall–Kier alpha value is -1.76. The zero-order valence-corrected chi connectivity index (χ0v) is 14.5. The summed E-state index contributed by atoms with van der Waals surface area (Å²) in [6.07, 6.45) is 4.28. The summed E-state index contributed by atoms with van der Waals surface area (Å²) in [7, 11) is -3.40. The van der Waals surface area contributed by atoms with Gasteiger partial charge in [-0.1, -0.05) is 29.8 Å². The molecule has 1 saturated heterocycles.